The maximum atomic E-state index is 6.14. The van der Waals surface area contributed by atoms with Gasteiger partial charge >= 0.3 is 0 Å². The molecule has 0 radical (unpaired) electrons. The topological polar surface area (TPSA) is 35.2 Å². The maximum absolute atomic E-state index is 6.14. The lowest BCUT2D eigenvalue weighted by atomic mass is 10.2. The summed E-state index contributed by atoms with van der Waals surface area (Å²) >= 11 is 6.14. The van der Waals surface area contributed by atoms with Gasteiger partial charge in [-0.25, -0.2) is 0 Å². The van der Waals surface area contributed by atoms with Gasteiger partial charge in [0.1, 0.15) is 11.5 Å². The molecule has 2 rings (SSSR count). The highest BCUT2D eigenvalue weighted by atomic mass is 35.5. The van der Waals surface area contributed by atoms with Crippen LogP contribution in [0.1, 0.15) is 12.5 Å². The lowest BCUT2D eigenvalue weighted by molar-refractivity contribution is 0.483. The summed E-state index contributed by atoms with van der Waals surface area (Å²) in [6.45, 7) is 2.09. The smallest absolute Gasteiger partial charge is 0.146 e. The molecule has 0 aliphatic rings. The van der Waals surface area contributed by atoms with Crippen LogP contribution in [0.25, 0.3) is 0 Å². The molecule has 0 unspecified atom stereocenters. The highest BCUT2D eigenvalue weighted by molar-refractivity contribution is 6.32. The Morgan fingerprint density at radius 3 is 2.41 bits per heavy atom. The first-order valence-electron chi connectivity index (χ1n) is 5.51. The minimum absolute atomic E-state index is 0.626. The van der Waals surface area contributed by atoms with Crippen LogP contribution in [0.5, 0.6) is 11.5 Å². The van der Waals surface area contributed by atoms with Crippen molar-refractivity contribution in [1.82, 2.24) is 0 Å². The van der Waals surface area contributed by atoms with Crippen LogP contribution in [0.15, 0.2) is 42.5 Å². The molecule has 2 N–H and O–H groups in total. The Kier molecular flexibility index (Phi) is 3.55. The van der Waals surface area contributed by atoms with Crippen LogP contribution < -0.4 is 10.5 Å². The number of aryl methyl sites for hydroxylation is 1. The van der Waals surface area contributed by atoms with Crippen molar-refractivity contribution in [2.45, 2.75) is 13.3 Å². The minimum atomic E-state index is 0.626. The average molecular weight is 248 g/mol. The van der Waals surface area contributed by atoms with Crippen molar-refractivity contribution < 1.29 is 4.74 Å². The second kappa shape index (κ2) is 5.11. The van der Waals surface area contributed by atoms with E-state index in [0.29, 0.717) is 16.5 Å². The van der Waals surface area contributed by atoms with Gasteiger partial charge in [-0.05, 0) is 48.4 Å². The summed E-state index contributed by atoms with van der Waals surface area (Å²) in [7, 11) is 0. The van der Waals surface area contributed by atoms with Crippen molar-refractivity contribution >= 4 is 17.3 Å². The lowest BCUT2D eigenvalue weighted by Crippen LogP contribution is -1.88. The third-order valence-corrected chi connectivity index (χ3v) is 2.81. The maximum Gasteiger partial charge on any atom is 0.146 e. The molecule has 0 spiro atoms. The van der Waals surface area contributed by atoms with E-state index in [4.69, 9.17) is 22.1 Å². The standard InChI is InChI=1S/C14H14ClNO/c1-2-10-3-8-14(13(15)9-10)17-12-6-4-11(16)5-7-12/h3-9H,2,16H2,1H3. The van der Waals surface area contributed by atoms with Crippen molar-refractivity contribution in [2.24, 2.45) is 0 Å². The first kappa shape index (κ1) is 11.8. The van der Waals surface area contributed by atoms with E-state index >= 15 is 0 Å². The summed E-state index contributed by atoms with van der Waals surface area (Å²) < 4.78 is 5.68. The summed E-state index contributed by atoms with van der Waals surface area (Å²) in [5.74, 6) is 1.39. The number of rotatable bonds is 3. The third-order valence-electron chi connectivity index (χ3n) is 2.51. The largest absolute Gasteiger partial charge is 0.456 e. The van der Waals surface area contributed by atoms with E-state index in [1.165, 1.54) is 5.56 Å². The molecule has 0 fully saturated rings. The summed E-state index contributed by atoms with van der Waals surface area (Å²) in [4.78, 5) is 0. The fourth-order valence-electron chi connectivity index (χ4n) is 1.51. The van der Waals surface area contributed by atoms with Crippen molar-refractivity contribution in [2.75, 3.05) is 5.73 Å². The van der Waals surface area contributed by atoms with Crippen molar-refractivity contribution in [3.05, 3.63) is 53.1 Å². The summed E-state index contributed by atoms with van der Waals surface area (Å²) in [5.41, 5.74) is 7.51. The van der Waals surface area contributed by atoms with Gasteiger partial charge in [-0.1, -0.05) is 24.6 Å². The minimum Gasteiger partial charge on any atom is -0.456 e. The molecule has 2 aromatic rings. The van der Waals surface area contributed by atoms with E-state index in [2.05, 4.69) is 6.92 Å². The van der Waals surface area contributed by atoms with Crippen molar-refractivity contribution in [3.63, 3.8) is 0 Å². The van der Waals surface area contributed by atoms with E-state index in [0.717, 1.165) is 12.2 Å². The van der Waals surface area contributed by atoms with E-state index in [1.807, 2.05) is 30.3 Å². The quantitative estimate of drug-likeness (QED) is 0.822. The number of ether oxygens (including phenoxy) is 1. The molecule has 17 heavy (non-hydrogen) atoms. The SMILES string of the molecule is CCc1ccc(Oc2ccc(N)cc2)c(Cl)c1. The number of hydrogen-bond donors (Lipinski definition) is 1. The van der Waals surface area contributed by atoms with E-state index in [9.17, 15) is 0 Å². The zero-order valence-corrected chi connectivity index (χ0v) is 10.4. The van der Waals surface area contributed by atoms with Gasteiger partial charge in [0.2, 0.25) is 0 Å². The lowest BCUT2D eigenvalue weighted by Gasteiger charge is -2.08. The van der Waals surface area contributed by atoms with Crippen LogP contribution in [0.3, 0.4) is 0 Å². The molecule has 0 saturated carbocycles. The molecule has 0 aliphatic carbocycles. The van der Waals surface area contributed by atoms with Gasteiger partial charge in [0.25, 0.3) is 0 Å². The molecule has 2 aromatic carbocycles. The highest BCUT2D eigenvalue weighted by Gasteiger charge is 2.03. The zero-order valence-electron chi connectivity index (χ0n) is 9.61. The molecule has 0 bridgehead atoms. The zero-order chi connectivity index (χ0) is 12.3. The molecule has 88 valence electrons. The molecule has 0 amide bonds. The fraction of sp³-hybridized carbons (Fsp3) is 0.143. The Balaban J connectivity index is 2.21. The monoisotopic (exact) mass is 247 g/mol. The Labute approximate surface area is 106 Å². The molecular weight excluding hydrogens is 234 g/mol. The third kappa shape index (κ3) is 2.92. The van der Waals surface area contributed by atoms with Gasteiger partial charge in [0.05, 0.1) is 5.02 Å². The second-order valence-electron chi connectivity index (χ2n) is 3.79. The molecule has 0 atom stereocenters. The normalized spacial score (nSPS) is 10.2. The van der Waals surface area contributed by atoms with Gasteiger partial charge in [-0.3, -0.25) is 0 Å². The molecule has 3 heteroatoms. The van der Waals surface area contributed by atoms with Crippen molar-refractivity contribution in [3.8, 4) is 11.5 Å². The molecule has 0 saturated heterocycles. The van der Waals surface area contributed by atoms with Crippen LogP contribution in [-0.4, -0.2) is 0 Å². The van der Waals surface area contributed by atoms with Gasteiger partial charge in [-0.2, -0.15) is 0 Å². The van der Waals surface area contributed by atoms with Crippen molar-refractivity contribution in [1.29, 1.82) is 0 Å². The summed E-state index contributed by atoms with van der Waals surface area (Å²) in [6, 6.07) is 13.1. The molecule has 0 aliphatic heterocycles. The molecular formula is C14H14ClNO. The first-order valence-corrected chi connectivity index (χ1v) is 5.88. The number of anilines is 1. The summed E-state index contributed by atoms with van der Waals surface area (Å²) in [5, 5.41) is 0.626. The van der Waals surface area contributed by atoms with E-state index in [1.54, 1.807) is 12.1 Å². The first-order chi connectivity index (χ1) is 8.19. The Hall–Kier alpha value is -1.67. The van der Waals surface area contributed by atoms with E-state index in [-0.39, 0.29) is 0 Å². The second-order valence-corrected chi connectivity index (χ2v) is 4.20. The number of hydrogen-bond acceptors (Lipinski definition) is 2. The number of nitrogens with two attached hydrogens (primary N) is 1. The predicted octanol–water partition coefficient (Wildman–Crippen LogP) is 4.28. The Bertz CT molecular complexity index is 508. The Morgan fingerprint density at radius 2 is 1.82 bits per heavy atom. The van der Waals surface area contributed by atoms with Gasteiger partial charge in [0.15, 0.2) is 0 Å². The fourth-order valence-corrected chi connectivity index (χ4v) is 1.75. The average Bonchev–Trinajstić information content (AvgIpc) is 2.34. The molecule has 0 aromatic heterocycles. The number of halogens is 1. The molecule has 2 nitrogen and oxygen atoms in total. The number of nitrogen functional groups attached to an aromatic ring is 1. The number of benzene rings is 2. The Morgan fingerprint density at radius 1 is 1.12 bits per heavy atom. The van der Waals surface area contributed by atoms with Gasteiger partial charge < -0.3 is 10.5 Å². The predicted molar refractivity (Wildman–Crippen MR) is 71.8 cm³/mol. The van der Waals surface area contributed by atoms with Crippen LogP contribution in [0, 0.1) is 0 Å². The van der Waals surface area contributed by atoms with E-state index < -0.39 is 0 Å². The van der Waals surface area contributed by atoms with Crippen LogP contribution in [-0.2, 0) is 6.42 Å². The molecule has 0 heterocycles. The van der Waals surface area contributed by atoms with Gasteiger partial charge in [0, 0.05) is 5.69 Å². The van der Waals surface area contributed by atoms with Crippen LogP contribution >= 0.6 is 11.6 Å². The summed E-state index contributed by atoms with van der Waals surface area (Å²) in [6.07, 6.45) is 0.960. The highest BCUT2D eigenvalue weighted by Crippen LogP contribution is 2.30. The van der Waals surface area contributed by atoms with Crippen LogP contribution in [0.4, 0.5) is 5.69 Å². The van der Waals surface area contributed by atoms with Gasteiger partial charge in [-0.15, -0.1) is 0 Å². The van der Waals surface area contributed by atoms with Crippen LogP contribution in [0.2, 0.25) is 5.02 Å².